The van der Waals surface area contributed by atoms with Crippen LogP contribution >= 0.6 is 0 Å². The van der Waals surface area contributed by atoms with E-state index in [1.165, 1.54) is 17.0 Å². The van der Waals surface area contributed by atoms with Crippen molar-refractivity contribution in [3.8, 4) is 0 Å². The molecule has 1 saturated carbocycles. The van der Waals surface area contributed by atoms with Crippen LogP contribution in [0.1, 0.15) is 38.2 Å². The van der Waals surface area contributed by atoms with E-state index in [1.54, 1.807) is 19.2 Å². The summed E-state index contributed by atoms with van der Waals surface area (Å²) in [5, 5.41) is 2.81. The zero-order chi connectivity index (χ0) is 18.9. The number of imide groups is 1. The van der Waals surface area contributed by atoms with Crippen LogP contribution in [0.25, 0.3) is 0 Å². The number of carbonyl (C=O) groups is 3. The Morgan fingerprint density at radius 1 is 1.27 bits per heavy atom. The molecule has 1 aromatic rings. The molecule has 0 radical (unpaired) electrons. The van der Waals surface area contributed by atoms with Crippen molar-refractivity contribution in [2.75, 3.05) is 13.6 Å². The standard InChI is InChI=1S/C19H24FN3O3/c1-13-7-9-19(10-8-13)17(25)23(18(26)21-19)12-16(24)22(2)11-14-3-5-15(20)6-4-14/h3-6,13H,7-12H2,1-2H3,(H,21,26). The Morgan fingerprint density at radius 3 is 2.50 bits per heavy atom. The molecule has 1 N–H and O–H groups in total. The largest absolute Gasteiger partial charge is 0.340 e. The van der Waals surface area contributed by atoms with Gasteiger partial charge in [0.15, 0.2) is 0 Å². The number of urea groups is 1. The van der Waals surface area contributed by atoms with Crippen LogP contribution < -0.4 is 5.32 Å². The number of halogens is 1. The number of carbonyl (C=O) groups excluding carboxylic acids is 3. The lowest BCUT2D eigenvalue weighted by atomic mass is 9.77. The lowest BCUT2D eigenvalue weighted by Gasteiger charge is -2.33. The molecule has 0 atom stereocenters. The molecule has 1 aliphatic carbocycles. The molecule has 1 aromatic carbocycles. The highest BCUT2D eigenvalue weighted by molar-refractivity contribution is 6.09. The molecule has 4 amide bonds. The smallest absolute Gasteiger partial charge is 0.325 e. The van der Waals surface area contributed by atoms with Gasteiger partial charge >= 0.3 is 6.03 Å². The molecule has 2 fully saturated rings. The van der Waals surface area contributed by atoms with Crippen LogP contribution in [0.3, 0.4) is 0 Å². The van der Waals surface area contributed by atoms with Crippen LogP contribution in [-0.4, -0.2) is 46.8 Å². The minimum Gasteiger partial charge on any atom is -0.340 e. The number of nitrogens with one attached hydrogen (secondary N) is 1. The molecule has 1 saturated heterocycles. The van der Waals surface area contributed by atoms with Crippen molar-refractivity contribution in [2.45, 2.75) is 44.7 Å². The van der Waals surface area contributed by atoms with Gasteiger partial charge in [-0.3, -0.25) is 14.5 Å². The Morgan fingerprint density at radius 2 is 1.88 bits per heavy atom. The zero-order valence-corrected chi connectivity index (χ0v) is 15.1. The summed E-state index contributed by atoms with van der Waals surface area (Å²) >= 11 is 0. The number of hydrogen-bond donors (Lipinski definition) is 1. The maximum Gasteiger partial charge on any atom is 0.325 e. The first kappa shape index (κ1) is 18.4. The second-order valence-electron chi connectivity index (χ2n) is 7.46. The van der Waals surface area contributed by atoms with E-state index >= 15 is 0 Å². The molecule has 6 nitrogen and oxygen atoms in total. The zero-order valence-electron chi connectivity index (χ0n) is 15.1. The second-order valence-corrected chi connectivity index (χ2v) is 7.46. The van der Waals surface area contributed by atoms with E-state index < -0.39 is 11.6 Å². The fourth-order valence-corrected chi connectivity index (χ4v) is 3.62. The average Bonchev–Trinajstić information content (AvgIpc) is 2.84. The Bertz CT molecular complexity index is 711. The first-order valence-corrected chi connectivity index (χ1v) is 8.93. The quantitative estimate of drug-likeness (QED) is 0.837. The number of benzene rings is 1. The third kappa shape index (κ3) is 3.57. The van der Waals surface area contributed by atoms with Crippen molar-refractivity contribution >= 4 is 17.8 Å². The van der Waals surface area contributed by atoms with Crippen molar-refractivity contribution in [3.05, 3.63) is 35.6 Å². The van der Waals surface area contributed by atoms with E-state index in [4.69, 9.17) is 0 Å². The van der Waals surface area contributed by atoms with Gasteiger partial charge in [-0.25, -0.2) is 9.18 Å². The summed E-state index contributed by atoms with van der Waals surface area (Å²) in [5.74, 6) is -0.422. The van der Waals surface area contributed by atoms with E-state index in [1.807, 2.05) is 0 Å². The van der Waals surface area contributed by atoms with Crippen LogP contribution in [0.2, 0.25) is 0 Å². The molecule has 0 aromatic heterocycles. The topological polar surface area (TPSA) is 69.7 Å². The van der Waals surface area contributed by atoms with E-state index in [-0.39, 0.29) is 30.7 Å². The lowest BCUT2D eigenvalue weighted by molar-refractivity contribution is -0.139. The summed E-state index contributed by atoms with van der Waals surface area (Å²) in [7, 11) is 1.60. The van der Waals surface area contributed by atoms with Crippen LogP contribution in [-0.2, 0) is 16.1 Å². The molecule has 1 aliphatic heterocycles. The van der Waals surface area contributed by atoms with Gasteiger partial charge in [-0.05, 0) is 49.3 Å². The van der Waals surface area contributed by atoms with Gasteiger partial charge in [-0.15, -0.1) is 0 Å². The van der Waals surface area contributed by atoms with Gasteiger partial charge < -0.3 is 10.2 Å². The maximum absolute atomic E-state index is 13.0. The minimum atomic E-state index is -0.834. The molecule has 1 heterocycles. The molecular weight excluding hydrogens is 337 g/mol. The van der Waals surface area contributed by atoms with Crippen LogP contribution in [0.4, 0.5) is 9.18 Å². The fraction of sp³-hybridized carbons (Fsp3) is 0.526. The summed E-state index contributed by atoms with van der Waals surface area (Å²) in [5.41, 5.74) is -0.0588. The van der Waals surface area contributed by atoms with Crippen molar-refractivity contribution in [1.82, 2.24) is 15.1 Å². The number of rotatable bonds is 4. The Balaban J connectivity index is 1.62. The Labute approximate surface area is 152 Å². The van der Waals surface area contributed by atoms with Gasteiger partial charge in [0.1, 0.15) is 17.9 Å². The molecule has 26 heavy (non-hydrogen) atoms. The van der Waals surface area contributed by atoms with Gasteiger partial charge in [-0.1, -0.05) is 19.1 Å². The van der Waals surface area contributed by atoms with E-state index in [9.17, 15) is 18.8 Å². The van der Waals surface area contributed by atoms with Crippen LogP contribution in [0.5, 0.6) is 0 Å². The molecule has 2 aliphatic rings. The highest BCUT2D eigenvalue weighted by atomic mass is 19.1. The number of hydrogen-bond acceptors (Lipinski definition) is 3. The summed E-state index contributed by atoms with van der Waals surface area (Å²) in [4.78, 5) is 40.0. The van der Waals surface area contributed by atoms with Crippen molar-refractivity contribution in [2.24, 2.45) is 5.92 Å². The predicted octanol–water partition coefficient (Wildman–Crippen LogP) is 2.28. The molecule has 7 heteroatoms. The molecular formula is C19H24FN3O3. The van der Waals surface area contributed by atoms with Gasteiger partial charge in [0, 0.05) is 13.6 Å². The van der Waals surface area contributed by atoms with Gasteiger partial charge in [-0.2, -0.15) is 0 Å². The monoisotopic (exact) mass is 361 g/mol. The first-order valence-electron chi connectivity index (χ1n) is 8.93. The van der Waals surface area contributed by atoms with Gasteiger partial charge in [0.2, 0.25) is 5.91 Å². The van der Waals surface area contributed by atoms with Crippen molar-refractivity contribution < 1.29 is 18.8 Å². The maximum atomic E-state index is 13.0. The predicted molar refractivity (Wildman–Crippen MR) is 93.5 cm³/mol. The fourth-order valence-electron chi connectivity index (χ4n) is 3.62. The van der Waals surface area contributed by atoms with Crippen LogP contribution in [0.15, 0.2) is 24.3 Å². The SMILES string of the molecule is CC1CCC2(CC1)NC(=O)N(CC(=O)N(C)Cc1ccc(F)cc1)C2=O. The minimum absolute atomic E-state index is 0.278. The van der Waals surface area contributed by atoms with E-state index in [0.29, 0.717) is 18.8 Å². The number of likely N-dealkylation sites (N-methyl/N-ethyl adjacent to an activating group) is 1. The summed E-state index contributed by atoms with van der Waals surface area (Å²) < 4.78 is 13.0. The summed E-state index contributed by atoms with van der Waals surface area (Å²) in [6, 6.07) is 5.38. The summed E-state index contributed by atoms with van der Waals surface area (Å²) in [6.45, 7) is 2.14. The van der Waals surface area contributed by atoms with E-state index in [2.05, 4.69) is 12.2 Å². The molecule has 1 spiro atoms. The third-order valence-corrected chi connectivity index (χ3v) is 5.43. The van der Waals surface area contributed by atoms with Gasteiger partial charge in [0.25, 0.3) is 5.91 Å². The van der Waals surface area contributed by atoms with Crippen LogP contribution in [0, 0.1) is 11.7 Å². The molecule has 3 rings (SSSR count). The molecule has 0 bridgehead atoms. The molecule has 140 valence electrons. The van der Waals surface area contributed by atoms with Gasteiger partial charge in [0.05, 0.1) is 0 Å². The van der Waals surface area contributed by atoms with Crippen molar-refractivity contribution in [1.29, 1.82) is 0 Å². The average molecular weight is 361 g/mol. The highest BCUT2D eigenvalue weighted by Gasteiger charge is 2.52. The van der Waals surface area contributed by atoms with E-state index in [0.717, 1.165) is 23.3 Å². The number of amides is 4. The summed E-state index contributed by atoms with van der Waals surface area (Å²) in [6.07, 6.45) is 3.01. The second kappa shape index (κ2) is 7.05. The third-order valence-electron chi connectivity index (χ3n) is 5.43. The molecule has 0 unspecified atom stereocenters. The normalized spacial score (nSPS) is 25.5. The first-order chi connectivity index (χ1) is 12.3. The Kier molecular flexibility index (Phi) is 4.98. The Hall–Kier alpha value is -2.44. The number of nitrogens with zero attached hydrogens (tertiary/aromatic N) is 2. The highest BCUT2D eigenvalue weighted by Crippen LogP contribution is 2.36. The van der Waals surface area contributed by atoms with Crippen molar-refractivity contribution in [3.63, 3.8) is 0 Å². The lowest BCUT2D eigenvalue weighted by Crippen LogP contribution is -2.50.